The average molecular weight is 260 g/mol. The summed E-state index contributed by atoms with van der Waals surface area (Å²) in [6.07, 6.45) is 10.5. The van der Waals surface area contributed by atoms with Crippen molar-refractivity contribution in [2.75, 3.05) is 18.0 Å². The Labute approximate surface area is 115 Å². The van der Waals surface area contributed by atoms with E-state index in [0.717, 1.165) is 43.0 Å². The first-order valence-corrected chi connectivity index (χ1v) is 7.65. The van der Waals surface area contributed by atoms with Crippen LogP contribution in [0.1, 0.15) is 44.7 Å². The van der Waals surface area contributed by atoms with E-state index in [2.05, 4.69) is 27.1 Å². The Balaban J connectivity index is 1.59. The van der Waals surface area contributed by atoms with Gasteiger partial charge in [0.1, 0.15) is 5.82 Å². The molecule has 1 aromatic rings. The lowest BCUT2D eigenvalue weighted by Crippen LogP contribution is -2.29. The van der Waals surface area contributed by atoms with Crippen LogP contribution in [-0.4, -0.2) is 29.1 Å². The minimum Gasteiger partial charge on any atom is -0.352 e. The molecular formula is C15H24N4. The maximum atomic E-state index is 4.62. The molecule has 0 saturated heterocycles. The van der Waals surface area contributed by atoms with Gasteiger partial charge in [0, 0.05) is 19.1 Å². The van der Waals surface area contributed by atoms with Crippen LogP contribution in [0.15, 0.2) is 12.4 Å². The van der Waals surface area contributed by atoms with Gasteiger partial charge in [-0.25, -0.2) is 4.98 Å². The Morgan fingerprint density at radius 2 is 2.05 bits per heavy atom. The monoisotopic (exact) mass is 260 g/mol. The molecule has 3 rings (SSSR count). The van der Waals surface area contributed by atoms with Crippen molar-refractivity contribution in [1.82, 2.24) is 15.3 Å². The molecule has 0 atom stereocenters. The van der Waals surface area contributed by atoms with Crippen LogP contribution in [0.4, 0.5) is 5.82 Å². The topological polar surface area (TPSA) is 41.1 Å². The molecule has 4 nitrogen and oxygen atoms in total. The van der Waals surface area contributed by atoms with Crippen molar-refractivity contribution >= 4 is 5.82 Å². The molecule has 1 aromatic heterocycles. The molecule has 0 bridgehead atoms. The van der Waals surface area contributed by atoms with Crippen LogP contribution in [0.25, 0.3) is 0 Å². The predicted molar refractivity (Wildman–Crippen MR) is 77.1 cm³/mol. The maximum Gasteiger partial charge on any atom is 0.147 e. The first-order valence-electron chi connectivity index (χ1n) is 7.65. The number of hydrogen-bond acceptors (Lipinski definition) is 4. The normalized spacial score (nSPS) is 18.6. The van der Waals surface area contributed by atoms with Gasteiger partial charge in [-0.15, -0.1) is 0 Å². The minimum absolute atomic E-state index is 0.735. The third kappa shape index (κ3) is 3.66. The van der Waals surface area contributed by atoms with Crippen LogP contribution in [0.3, 0.4) is 0 Å². The Bertz CT molecular complexity index is 395. The van der Waals surface area contributed by atoms with E-state index >= 15 is 0 Å². The van der Waals surface area contributed by atoms with E-state index in [4.69, 9.17) is 0 Å². The van der Waals surface area contributed by atoms with Crippen LogP contribution < -0.4 is 10.2 Å². The van der Waals surface area contributed by atoms with Gasteiger partial charge in [0.25, 0.3) is 0 Å². The van der Waals surface area contributed by atoms with Crippen LogP contribution in [0, 0.1) is 5.92 Å². The number of hydrogen-bond donors (Lipinski definition) is 1. The molecule has 19 heavy (non-hydrogen) atoms. The zero-order valence-corrected chi connectivity index (χ0v) is 11.8. The molecule has 2 saturated carbocycles. The highest BCUT2D eigenvalue weighted by molar-refractivity contribution is 5.39. The van der Waals surface area contributed by atoms with Crippen molar-refractivity contribution in [3.63, 3.8) is 0 Å². The zero-order chi connectivity index (χ0) is 13.1. The van der Waals surface area contributed by atoms with E-state index in [9.17, 15) is 0 Å². The molecule has 104 valence electrons. The zero-order valence-electron chi connectivity index (χ0n) is 11.8. The standard InChI is InChI=1S/C15H24N4/c1-2-7-16-8-13-9-18-15(10-17-13)19(14-5-6-14)11-12-3-4-12/h9-10,12,14,16H,2-8,11H2,1H3. The second-order valence-electron chi connectivity index (χ2n) is 5.87. The summed E-state index contributed by atoms with van der Waals surface area (Å²) in [7, 11) is 0. The van der Waals surface area contributed by atoms with Crippen LogP contribution in [-0.2, 0) is 6.54 Å². The summed E-state index contributed by atoms with van der Waals surface area (Å²) in [4.78, 5) is 11.6. The second-order valence-corrected chi connectivity index (χ2v) is 5.87. The minimum atomic E-state index is 0.735. The highest BCUT2D eigenvalue weighted by Gasteiger charge is 2.34. The van der Waals surface area contributed by atoms with Crippen LogP contribution in [0.2, 0.25) is 0 Å². The van der Waals surface area contributed by atoms with Gasteiger partial charge in [-0.3, -0.25) is 4.98 Å². The first-order chi connectivity index (χ1) is 9.36. The van der Waals surface area contributed by atoms with Crippen molar-refractivity contribution in [3.8, 4) is 0 Å². The molecule has 0 amide bonds. The molecule has 0 radical (unpaired) electrons. The number of aromatic nitrogens is 2. The van der Waals surface area contributed by atoms with E-state index < -0.39 is 0 Å². The van der Waals surface area contributed by atoms with Crippen molar-refractivity contribution in [2.24, 2.45) is 5.92 Å². The fraction of sp³-hybridized carbons (Fsp3) is 0.733. The third-order valence-electron chi connectivity index (χ3n) is 3.86. The molecule has 0 aliphatic heterocycles. The second kappa shape index (κ2) is 5.87. The summed E-state index contributed by atoms with van der Waals surface area (Å²) < 4.78 is 0. The summed E-state index contributed by atoms with van der Waals surface area (Å²) in [5, 5.41) is 3.36. The van der Waals surface area contributed by atoms with Gasteiger partial charge in [-0.05, 0) is 44.6 Å². The van der Waals surface area contributed by atoms with Crippen LogP contribution >= 0.6 is 0 Å². The lowest BCUT2D eigenvalue weighted by molar-refractivity contribution is 0.659. The number of anilines is 1. The van der Waals surface area contributed by atoms with Gasteiger partial charge >= 0.3 is 0 Å². The van der Waals surface area contributed by atoms with Crippen LogP contribution in [0.5, 0.6) is 0 Å². The fourth-order valence-electron chi connectivity index (χ4n) is 2.38. The van der Waals surface area contributed by atoms with E-state index in [-0.39, 0.29) is 0 Å². The lowest BCUT2D eigenvalue weighted by Gasteiger charge is -2.23. The van der Waals surface area contributed by atoms with Gasteiger partial charge in [-0.1, -0.05) is 6.92 Å². The Hall–Kier alpha value is -1.16. The van der Waals surface area contributed by atoms with Gasteiger partial charge in [0.2, 0.25) is 0 Å². The summed E-state index contributed by atoms with van der Waals surface area (Å²) in [5.41, 5.74) is 1.04. The van der Waals surface area contributed by atoms with Crippen molar-refractivity contribution < 1.29 is 0 Å². The SMILES string of the molecule is CCCNCc1cnc(N(CC2CC2)C2CC2)cn1. The van der Waals surface area contributed by atoms with Gasteiger partial charge in [0.15, 0.2) is 0 Å². The molecule has 2 aliphatic carbocycles. The van der Waals surface area contributed by atoms with Crippen molar-refractivity contribution in [1.29, 1.82) is 0 Å². The molecule has 0 unspecified atom stereocenters. The van der Waals surface area contributed by atoms with Gasteiger partial charge in [0.05, 0.1) is 18.1 Å². The summed E-state index contributed by atoms with van der Waals surface area (Å²) >= 11 is 0. The largest absolute Gasteiger partial charge is 0.352 e. The summed E-state index contributed by atoms with van der Waals surface area (Å²) in [6.45, 7) is 5.23. The number of nitrogens with one attached hydrogen (secondary N) is 1. The molecule has 1 N–H and O–H groups in total. The quantitative estimate of drug-likeness (QED) is 0.729. The maximum absolute atomic E-state index is 4.62. The molecule has 1 heterocycles. The molecule has 2 aliphatic rings. The van der Waals surface area contributed by atoms with E-state index in [1.165, 1.54) is 32.2 Å². The molecule has 0 spiro atoms. The van der Waals surface area contributed by atoms with E-state index in [1.807, 2.05) is 12.4 Å². The lowest BCUT2D eigenvalue weighted by atomic mass is 10.3. The summed E-state index contributed by atoms with van der Waals surface area (Å²) in [6, 6.07) is 0.735. The molecule has 4 heteroatoms. The van der Waals surface area contributed by atoms with Crippen molar-refractivity contribution in [2.45, 2.75) is 51.6 Å². The smallest absolute Gasteiger partial charge is 0.147 e. The Morgan fingerprint density at radius 1 is 1.21 bits per heavy atom. The van der Waals surface area contributed by atoms with Gasteiger partial charge < -0.3 is 10.2 Å². The Kier molecular flexibility index (Phi) is 3.97. The van der Waals surface area contributed by atoms with E-state index in [0.29, 0.717) is 0 Å². The van der Waals surface area contributed by atoms with E-state index in [1.54, 1.807) is 0 Å². The average Bonchev–Trinajstić information content (AvgIpc) is 3.30. The molecule has 2 fully saturated rings. The van der Waals surface area contributed by atoms with Crippen molar-refractivity contribution in [3.05, 3.63) is 18.1 Å². The highest BCUT2D eigenvalue weighted by atomic mass is 15.2. The van der Waals surface area contributed by atoms with Gasteiger partial charge in [-0.2, -0.15) is 0 Å². The first kappa shape index (κ1) is 12.9. The number of rotatable bonds is 8. The predicted octanol–water partition coefficient (Wildman–Crippen LogP) is 2.36. The number of nitrogens with zero attached hydrogens (tertiary/aromatic N) is 3. The summed E-state index contributed by atoms with van der Waals surface area (Å²) in [5.74, 6) is 1.99. The fourth-order valence-corrected chi connectivity index (χ4v) is 2.38. The molecular weight excluding hydrogens is 236 g/mol. The highest BCUT2D eigenvalue weighted by Crippen LogP contribution is 2.36. The third-order valence-corrected chi connectivity index (χ3v) is 3.86. The molecule has 0 aromatic carbocycles. The Morgan fingerprint density at radius 3 is 2.63 bits per heavy atom.